The molecule has 2 aromatic heterocycles. The van der Waals surface area contributed by atoms with Crippen LogP contribution in [0.5, 0.6) is 0 Å². The summed E-state index contributed by atoms with van der Waals surface area (Å²) in [4.78, 5) is 8.29. The summed E-state index contributed by atoms with van der Waals surface area (Å²) in [6.07, 6.45) is 0. The second kappa shape index (κ2) is 17.1. The second-order valence-corrected chi connectivity index (χ2v) is 19.0. The van der Waals surface area contributed by atoms with E-state index in [0.29, 0.717) is 33.4 Å². The number of hydrogen-bond acceptors (Lipinski definition) is 16. The Bertz CT molecular complexity index is 3610. The average Bonchev–Trinajstić information content (AvgIpc) is 3.67. The summed E-state index contributed by atoms with van der Waals surface area (Å²) in [5.74, 6) is 0.0334. The van der Waals surface area contributed by atoms with Gasteiger partial charge >= 0.3 is 0 Å². The van der Waals surface area contributed by atoms with Crippen molar-refractivity contribution in [2.24, 2.45) is 20.5 Å². The summed E-state index contributed by atoms with van der Waals surface area (Å²) in [5.41, 5.74) is 2.07. The van der Waals surface area contributed by atoms with E-state index in [2.05, 4.69) is 42.1 Å². The van der Waals surface area contributed by atoms with Crippen LogP contribution in [0.3, 0.4) is 0 Å². The zero-order valence-electron chi connectivity index (χ0n) is 32.7. The smallest absolute Gasteiger partial charge is 0.295 e. The molecule has 64 heavy (non-hydrogen) atoms. The van der Waals surface area contributed by atoms with Crippen LogP contribution in [-0.4, -0.2) is 48.9 Å². The van der Waals surface area contributed by atoms with E-state index in [9.17, 15) is 44.2 Å². The molecule has 22 heteroatoms. The molecule has 0 saturated heterocycles. The third kappa shape index (κ3) is 9.35. The number of nitrogens with zero attached hydrogens (tertiary/aromatic N) is 7. The van der Waals surface area contributed by atoms with Crippen LogP contribution >= 0.6 is 11.3 Å². The fraction of sp³-hybridized carbons (Fsp3) is 0.0238. The van der Waals surface area contributed by atoms with Crippen molar-refractivity contribution in [1.82, 2.24) is 9.97 Å². The van der Waals surface area contributed by atoms with Gasteiger partial charge in [0, 0.05) is 27.9 Å². The van der Waals surface area contributed by atoms with Crippen LogP contribution in [0.15, 0.2) is 163 Å². The molecule has 6 aromatic carbocycles. The van der Waals surface area contributed by atoms with Crippen LogP contribution in [0.2, 0.25) is 0 Å². The Labute approximate surface area is 368 Å². The number of rotatable bonds is 12. The maximum Gasteiger partial charge on any atom is 0.295 e. The molecule has 0 unspecified atom stereocenters. The molecule has 5 N–H and O–H groups in total. The standard InChI is InChI=1S/C42H29N9O9S4/c1-24-35(23-43)39(44-29-12-16-32(17-13-29)62(52,53)54)47-40(45-30-14-18-33(19-15-30)63(55,56)57)37(24)49-51-42-46-38(28-11-10-25-6-2-3-7-26(25)20-28)41(61-42)50-48-31-21-27-8-4-5-9-34(27)36(22-31)64(58,59)60/h2-22H,1H3,(H2,44,45,47)(H,52,53,54)(H,55,56,57)(H,58,59,60)/b50-48+,51-49+. The van der Waals surface area contributed by atoms with E-state index in [1.54, 1.807) is 37.3 Å². The quantitative estimate of drug-likeness (QED) is 0.0563. The van der Waals surface area contributed by atoms with E-state index in [4.69, 9.17) is 4.98 Å². The van der Waals surface area contributed by atoms with Gasteiger partial charge in [-0.15, -0.1) is 20.5 Å². The first-order chi connectivity index (χ1) is 30.4. The molecule has 0 atom stereocenters. The predicted octanol–water partition coefficient (Wildman–Crippen LogP) is 10.7. The summed E-state index contributed by atoms with van der Waals surface area (Å²) < 4.78 is 100. The van der Waals surface area contributed by atoms with Crippen LogP contribution in [0.25, 0.3) is 32.8 Å². The third-order valence-corrected chi connectivity index (χ3v) is 13.0. The minimum atomic E-state index is -4.64. The first kappa shape index (κ1) is 43.3. The van der Waals surface area contributed by atoms with Gasteiger partial charge in [0.1, 0.15) is 22.3 Å². The van der Waals surface area contributed by atoms with Gasteiger partial charge in [0.2, 0.25) is 5.13 Å². The summed E-state index contributed by atoms with van der Waals surface area (Å²) in [6.45, 7) is 1.58. The lowest BCUT2D eigenvalue weighted by Crippen LogP contribution is -2.05. The topological polar surface area (TPSA) is 286 Å². The van der Waals surface area contributed by atoms with Crippen molar-refractivity contribution in [1.29, 1.82) is 5.26 Å². The first-order valence-corrected chi connectivity index (χ1v) is 23.6. The van der Waals surface area contributed by atoms with Crippen molar-refractivity contribution in [2.45, 2.75) is 21.6 Å². The number of nitriles is 1. The van der Waals surface area contributed by atoms with E-state index in [0.717, 1.165) is 46.4 Å². The van der Waals surface area contributed by atoms with E-state index < -0.39 is 30.4 Å². The van der Waals surface area contributed by atoms with Crippen LogP contribution in [0.4, 0.5) is 44.5 Å². The van der Waals surface area contributed by atoms with Crippen LogP contribution in [-0.2, 0) is 30.4 Å². The maximum atomic E-state index is 12.4. The van der Waals surface area contributed by atoms with E-state index in [1.807, 2.05) is 42.5 Å². The normalized spacial score (nSPS) is 12.3. The predicted molar refractivity (Wildman–Crippen MR) is 240 cm³/mol. The Morgan fingerprint density at radius 2 is 1.20 bits per heavy atom. The van der Waals surface area contributed by atoms with Crippen LogP contribution in [0.1, 0.15) is 11.1 Å². The van der Waals surface area contributed by atoms with Gasteiger partial charge in [0.05, 0.1) is 21.0 Å². The Balaban J connectivity index is 1.23. The van der Waals surface area contributed by atoms with Gasteiger partial charge in [0.25, 0.3) is 30.4 Å². The molecule has 18 nitrogen and oxygen atoms in total. The van der Waals surface area contributed by atoms with Gasteiger partial charge in [-0.1, -0.05) is 72.0 Å². The molecule has 8 aromatic rings. The highest BCUT2D eigenvalue weighted by Gasteiger charge is 2.21. The number of nitrogens with one attached hydrogen (secondary N) is 2. The molecular formula is C42H29N9O9S4. The molecule has 0 aliphatic rings. The highest BCUT2D eigenvalue weighted by atomic mass is 32.2. The third-order valence-electron chi connectivity index (χ3n) is 9.56. The largest absolute Gasteiger partial charge is 0.339 e. The van der Waals surface area contributed by atoms with Crippen molar-refractivity contribution >= 4 is 108 Å². The molecule has 0 aliphatic heterocycles. The van der Waals surface area contributed by atoms with E-state index in [-0.39, 0.29) is 59.0 Å². The zero-order chi connectivity index (χ0) is 45.4. The zero-order valence-corrected chi connectivity index (χ0v) is 35.9. The Morgan fingerprint density at radius 1 is 0.609 bits per heavy atom. The van der Waals surface area contributed by atoms with Crippen molar-refractivity contribution in [3.8, 4) is 17.3 Å². The highest BCUT2D eigenvalue weighted by Crippen LogP contribution is 2.43. The lowest BCUT2D eigenvalue weighted by atomic mass is 10.1. The van der Waals surface area contributed by atoms with Gasteiger partial charge in [-0.05, 0) is 89.8 Å². The number of benzene rings is 6. The molecule has 0 bridgehead atoms. The number of hydrogen-bond donors (Lipinski definition) is 5. The SMILES string of the molecule is Cc1c(C#N)c(Nc2ccc(S(=O)(=O)O)cc2)nc(Nc2ccc(S(=O)(=O)O)cc2)c1/N=N/c1nc(-c2ccc3ccccc3c2)c(/N=N/c2cc(S(=O)(=O)O)c3ccccc3c2)s1. The monoisotopic (exact) mass is 931 g/mol. The van der Waals surface area contributed by atoms with Gasteiger partial charge in [-0.25, -0.2) is 9.97 Å². The van der Waals surface area contributed by atoms with E-state index in [1.165, 1.54) is 30.3 Å². The molecule has 0 amide bonds. The van der Waals surface area contributed by atoms with Gasteiger partial charge in [-0.3, -0.25) is 13.7 Å². The van der Waals surface area contributed by atoms with Crippen LogP contribution in [0, 0.1) is 18.3 Å². The van der Waals surface area contributed by atoms with Gasteiger partial charge < -0.3 is 10.6 Å². The molecule has 0 saturated carbocycles. The molecule has 0 radical (unpaired) electrons. The average molecular weight is 932 g/mol. The Hall–Kier alpha value is -7.36. The fourth-order valence-corrected chi connectivity index (χ4v) is 8.92. The maximum absolute atomic E-state index is 12.4. The summed E-state index contributed by atoms with van der Waals surface area (Å²) in [6, 6.07) is 34.9. The second-order valence-electron chi connectivity index (χ2n) is 13.8. The molecule has 0 spiro atoms. The van der Waals surface area contributed by atoms with Crippen LogP contribution < -0.4 is 10.6 Å². The molecular weight excluding hydrogens is 903 g/mol. The van der Waals surface area contributed by atoms with E-state index >= 15 is 0 Å². The van der Waals surface area contributed by atoms with Crippen molar-refractivity contribution in [2.75, 3.05) is 10.6 Å². The van der Waals surface area contributed by atoms with Crippen molar-refractivity contribution in [3.63, 3.8) is 0 Å². The number of aromatic nitrogens is 2. The Kier molecular flexibility index (Phi) is 11.5. The lowest BCUT2D eigenvalue weighted by molar-refractivity contribution is 0.481. The number of pyridine rings is 1. The number of thiazole rings is 1. The molecule has 2 heterocycles. The van der Waals surface area contributed by atoms with Crippen molar-refractivity contribution in [3.05, 3.63) is 139 Å². The van der Waals surface area contributed by atoms with Crippen molar-refractivity contribution < 1.29 is 38.9 Å². The number of fused-ring (bicyclic) bond motifs is 2. The summed E-state index contributed by atoms with van der Waals surface area (Å²) in [7, 11) is -13.6. The van der Waals surface area contributed by atoms with Gasteiger partial charge in [0.15, 0.2) is 16.6 Å². The minimum Gasteiger partial charge on any atom is -0.339 e. The minimum absolute atomic E-state index is 0.0111. The first-order valence-electron chi connectivity index (χ1n) is 18.4. The molecule has 0 fully saturated rings. The molecule has 8 rings (SSSR count). The Morgan fingerprint density at radius 3 is 1.81 bits per heavy atom. The molecule has 0 aliphatic carbocycles. The number of azo groups is 2. The summed E-state index contributed by atoms with van der Waals surface area (Å²) >= 11 is 0.990. The lowest BCUT2D eigenvalue weighted by Gasteiger charge is -2.16. The molecule has 320 valence electrons. The fourth-order valence-electron chi connectivity index (χ4n) is 6.49. The number of anilines is 4. The summed E-state index contributed by atoms with van der Waals surface area (Å²) in [5, 5.41) is 37.1. The van der Waals surface area contributed by atoms with Gasteiger partial charge in [-0.2, -0.15) is 30.5 Å². The highest BCUT2D eigenvalue weighted by molar-refractivity contribution is 7.86.